The van der Waals surface area contributed by atoms with Crippen LogP contribution in [-0.2, 0) is 0 Å². The van der Waals surface area contributed by atoms with E-state index >= 15 is 0 Å². The predicted molar refractivity (Wildman–Crippen MR) is 116 cm³/mol. The minimum Gasteiger partial charge on any atom is -0.423 e. The van der Waals surface area contributed by atoms with Gasteiger partial charge in [-0.15, -0.1) is 0 Å². The molecule has 0 unspecified atom stereocenters. The van der Waals surface area contributed by atoms with E-state index in [1.807, 2.05) is 13.0 Å². The standard InChI is InChI=1S/C24H18N2O4/c1-15-13-22(27)30-21-14-19(11-12-20(15)21)26-24(29)17-7-9-18(10-8-17)25-23(28)16-5-3-2-4-6-16/h2-14H,1H3,(H,25,28)(H,26,29). The number of rotatable bonds is 4. The third kappa shape index (κ3) is 4.12. The fraction of sp³-hybridized carbons (Fsp3) is 0.0417. The summed E-state index contributed by atoms with van der Waals surface area (Å²) in [4.78, 5) is 36.3. The molecule has 2 N–H and O–H groups in total. The maximum absolute atomic E-state index is 12.5. The maximum atomic E-state index is 12.5. The van der Waals surface area contributed by atoms with Gasteiger partial charge in [0.2, 0.25) is 0 Å². The number of aryl methyl sites for hydroxylation is 1. The van der Waals surface area contributed by atoms with Crippen molar-refractivity contribution >= 4 is 34.2 Å². The average Bonchev–Trinajstić information content (AvgIpc) is 2.74. The number of amides is 2. The Labute approximate surface area is 172 Å². The van der Waals surface area contributed by atoms with Crippen molar-refractivity contribution in [1.29, 1.82) is 0 Å². The van der Waals surface area contributed by atoms with Gasteiger partial charge < -0.3 is 15.1 Å². The lowest BCUT2D eigenvalue weighted by Gasteiger charge is -2.09. The first-order valence-electron chi connectivity index (χ1n) is 9.32. The van der Waals surface area contributed by atoms with Gasteiger partial charge in [-0.1, -0.05) is 18.2 Å². The molecule has 0 fully saturated rings. The first kappa shape index (κ1) is 19.1. The first-order chi connectivity index (χ1) is 14.5. The molecule has 0 aliphatic carbocycles. The quantitative estimate of drug-likeness (QED) is 0.492. The summed E-state index contributed by atoms with van der Waals surface area (Å²) in [6, 6.07) is 22.1. The predicted octanol–water partition coefficient (Wildman–Crippen LogP) is 4.61. The average molecular weight is 398 g/mol. The second kappa shape index (κ2) is 8.05. The van der Waals surface area contributed by atoms with Crippen molar-refractivity contribution in [2.75, 3.05) is 10.6 Å². The monoisotopic (exact) mass is 398 g/mol. The van der Waals surface area contributed by atoms with Crippen LogP contribution in [0.25, 0.3) is 11.0 Å². The largest absolute Gasteiger partial charge is 0.423 e. The van der Waals surface area contributed by atoms with Crippen molar-refractivity contribution in [3.63, 3.8) is 0 Å². The van der Waals surface area contributed by atoms with Gasteiger partial charge in [0.1, 0.15) is 5.58 Å². The molecule has 4 rings (SSSR count). The first-order valence-corrected chi connectivity index (χ1v) is 9.32. The number of fused-ring (bicyclic) bond motifs is 1. The summed E-state index contributed by atoms with van der Waals surface area (Å²) in [6.07, 6.45) is 0. The van der Waals surface area contributed by atoms with Crippen molar-refractivity contribution < 1.29 is 14.0 Å². The molecule has 1 heterocycles. The summed E-state index contributed by atoms with van der Waals surface area (Å²) in [5.74, 6) is -0.536. The van der Waals surface area contributed by atoms with Gasteiger partial charge in [0.05, 0.1) is 0 Å². The fourth-order valence-corrected chi connectivity index (χ4v) is 3.10. The summed E-state index contributed by atoms with van der Waals surface area (Å²) >= 11 is 0. The van der Waals surface area contributed by atoms with Gasteiger partial charge in [-0.05, 0) is 61.0 Å². The summed E-state index contributed by atoms with van der Waals surface area (Å²) in [7, 11) is 0. The Hall–Kier alpha value is -4.19. The smallest absolute Gasteiger partial charge is 0.336 e. The van der Waals surface area contributed by atoms with Crippen LogP contribution in [-0.4, -0.2) is 11.8 Å². The van der Waals surface area contributed by atoms with Crippen LogP contribution in [0, 0.1) is 6.92 Å². The lowest BCUT2D eigenvalue weighted by Crippen LogP contribution is -2.13. The van der Waals surface area contributed by atoms with E-state index in [-0.39, 0.29) is 11.8 Å². The van der Waals surface area contributed by atoms with Crippen molar-refractivity contribution in [2.45, 2.75) is 6.92 Å². The molecule has 1 aromatic heterocycles. The van der Waals surface area contributed by atoms with Crippen molar-refractivity contribution in [1.82, 2.24) is 0 Å². The van der Waals surface area contributed by atoms with Crippen LogP contribution in [0.4, 0.5) is 11.4 Å². The van der Waals surface area contributed by atoms with Crippen LogP contribution in [0.5, 0.6) is 0 Å². The van der Waals surface area contributed by atoms with Gasteiger partial charge in [-0.3, -0.25) is 9.59 Å². The van der Waals surface area contributed by atoms with Crippen LogP contribution in [0.15, 0.2) is 88.1 Å². The lowest BCUT2D eigenvalue weighted by atomic mass is 10.1. The minimum atomic E-state index is -0.434. The highest BCUT2D eigenvalue weighted by molar-refractivity contribution is 6.06. The van der Waals surface area contributed by atoms with Gasteiger partial charge in [0.25, 0.3) is 11.8 Å². The van der Waals surface area contributed by atoms with E-state index in [1.165, 1.54) is 6.07 Å². The normalized spacial score (nSPS) is 10.6. The number of hydrogen-bond acceptors (Lipinski definition) is 4. The zero-order valence-electron chi connectivity index (χ0n) is 16.1. The van der Waals surface area contributed by atoms with Gasteiger partial charge in [0.15, 0.2) is 0 Å². The highest BCUT2D eigenvalue weighted by Gasteiger charge is 2.10. The molecule has 0 saturated heterocycles. The maximum Gasteiger partial charge on any atom is 0.336 e. The zero-order valence-corrected chi connectivity index (χ0v) is 16.1. The number of anilines is 2. The molecular formula is C24H18N2O4. The summed E-state index contributed by atoms with van der Waals surface area (Å²) in [5.41, 5.74) is 2.88. The fourth-order valence-electron chi connectivity index (χ4n) is 3.10. The molecule has 0 atom stereocenters. The molecule has 6 heteroatoms. The molecule has 30 heavy (non-hydrogen) atoms. The van der Waals surface area contributed by atoms with Crippen LogP contribution in [0.3, 0.4) is 0 Å². The van der Waals surface area contributed by atoms with E-state index in [1.54, 1.807) is 66.7 Å². The topological polar surface area (TPSA) is 88.4 Å². The molecule has 0 bridgehead atoms. The number of carbonyl (C=O) groups is 2. The van der Waals surface area contributed by atoms with E-state index in [2.05, 4.69) is 10.6 Å². The number of carbonyl (C=O) groups excluding carboxylic acids is 2. The molecule has 0 aliphatic heterocycles. The summed E-state index contributed by atoms with van der Waals surface area (Å²) in [6.45, 7) is 1.83. The molecule has 4 aromatic rings. The van der Waals surface area contributed by atoms with Crippen LogP contribution in [0.2, 0.25) is 0 Å². The van der Waals surface area contributed by atoms with Crippen molar-refractivity contribution in [3.05, 3.63) is 106 Å². The van der Waals surface area contributed by atoms with E-state index in [4.69, 9.17) is 4.42 Å². The van der Waals surface area contributed by atoms with E-state index in [0.29, 0.717) is 28.1 Å². The molecule has 6 nitrogen and oxygen atoms in total. The van der Waals surface area contributed by atoms with Crippen molar-refractivity contribution in [3.8, 4) is 0 Å². The summed E-state index contributed by atoms with van der Waals surface area (Å²) in [5, 5.41) is 6.39. The second-order valence-corrected chi connectivity index (χ2v) is 6.81. The third-order valence-electron chi connectivity index (χ3n) is 4.65. The minimum absolute atomic E-state index is 0.222. The van der Waals surface area contributed by atoms with Crippen LogP contribution < -0.4 is 16.3 Å². The van der Waals surface area contributed by atoms with E-state index in [9.17, 15) is 14.4 Å². The van der Waals surface area contributed by atoms with Gasteiger partial charge in [-0.2, -0.15) is 0 Å². The molecule has 0 radical (unpaired) electrons. The number of nitrogens with one attached hydrogen (secondary N) is 2. The molecular weight excluding hydrogens is 380 g/mol. The van der Waals surface area contributed by atoms with Gasteiger partial charge in [0, 0.05) is 40.0 Å². The lowest BCUT2D eigenvalue weighted by molar-refractivity contribution is 0.102. The Morgan fingerprint density at radius 3 is 2.03 bits per heavy atom. The molecule has 0 aliphatic rings. The zero-order chi connectivity index (χ0) is 21.1. The summed E-state index contributed by atoms with van der Waals surface area (Å²) < 4.78 is 5.21. The van der Waals surface area contributed by atoms with E-state index < -0.39 is 5.63 Å². The van der Waals surface area contributed by atoms with Crippen LogP contribution in [0.1, 0.15) is 26.3 Å². The Bertz CT molecular complexity index is 1290. The highest BCUT2D eigenvalue weighted by Crippen LogP contribution is 2.21. The van der Waals surface area contributed by atoms with Gasteiger partial charge in [-0.25, -0.2) is 4.79 Å². The molecule has 2 amide bonds. The van der Waals surface area contributed by atoms with E-state index in [0.717, 1.165) is 10.9 Å². The molecule has 0 spiro atoms. The highest BCUT2D eigenvalue weighted by atomic mass is 16.4. The van der Waals surface area contributed by atoms with Gasteiger partial charge >= 0.3 is 5.63 Å². The second-order valence-electron chi connectivity index (χ2n) is 6.81. The van der Waals surface area contributed by atoms with Crippen LogP contribution >= 0.6 is 0 Å². The number of benzene rings is 3. The molecule has 3 aromatic carbocycles. The molecule has 0 saturated carbocycles. The molecule has 148 valence electrons. The van der Waals surface area contributed by atoms with Crippen molar-refractivity contribution in [2.24, 2.45) is 0 Å². The number of hydrogen-bond donors (Lipinski definition) is 2. The Morgan fingerprint density at radius 1 is 0.733 bits per heavy atom. The Morgan fingerprint density at radius 2 is 1.33 bits per heavy atom. The Kier molecular flexibility index (Phi) is 5.13. The third-order valence-corrected chi connectivity index (χ3v) is 4.65. The SMILES string of the molecule is Cc1cc(=O)oc2cc(NC(=O)c3ccc(NC(=O)c4ccccc4)cc3)ccc12. The Balaban J connectivity index is 1.47.